The minimum atomic E-state index is -3.75. The largest absolute Gasteiger partial charge is 0.309 e. The zero-order valence-corrected chi connectivity index (χ0v) is 19.6. The van der Waals surface area contributed by atoms with Crippen molar-refractivity contribution in [2.45, 2.75) is 83.4 Å². The minimum absolute atomic E-state index is 0.150. The number of rotatable bonds is 5. The van der Waals surface area contributed by atoms with Gasteiger partial charge in [0.1, 0.15) is 10.7 Å². The van der Waals surface area contributed by atoms with Gasteiger partial charge in [0.2, 0.25) is 10.0 Å². The lowest BCUT2D eigenvalue weighted by Crippen LogP contribution is -2.42. The van der Waals surface area contributed by atoms with E-state index < -0.39 is 16.1 Å². The molecule has 4 rings (SSSR count). The molecule has 4 heterocycles. The Morgan fingerprint density at radius 3 is 2.71 bits per heavy atom. The van der Waals surface area contributed by atoms with Crippen LogP contribution < -0.4 is 5.56 Å². The van der Waals surface area contributed by atoms with Gasteiger partial charge in [-0.3, -0.25) is 14.4 Å². The van der Waals surface area contributed by atoms with Gasteiger partial charge < -0.3 is 4.98 Å². The fourth-order valence-corrected chi connectivity index (χ4v) is 6.40. The van der Waals surface area contributed by atoms with Crippen molar-refractivity contribution in [2.75, 3.05) is 13.1 Å². The molecule has 0 radical (unpaired) electrons. The zero-order chi connectivity index (χ0) is 22.3. The van der Waals surface area contributed by atoms with Crippen LogP contribution in [0.4, 0.5) is 0 Å². The van der Waals surface area contributed by atoms with E-state index in [0.717, 1.165) is 25.1 Å². The molecular weight excluding hydrogens is 416 g/mol. The summed E-state index contributed by atoms with van der Waals surface area (Å²) in [4.78, 5) is 23.1. The molecule has 0 amide bonds. The molecule has 2 aromatic heterocycles. The Bertz CT molecular complexity index is 1120. The molecule has 0 aromatic carbocycles. The molecule has 0 aliphatic carbocycles. The predicted octanol–water partition coefficient (Wildman–Crippen LogP) is 1.98. The van der Waals surface area contributed by atoms with Gasteiger partial charge in [-0.25, -0.2) is 13.4 Å². The van der Waals surface area contributed by atoms with E-state index in [1.54, 1.807) is 17.8 Å². The van der Waals surface area contributed by atoms with Gasteiger partial charge in [0.05, 0.1) is 23.0 Å². The van der Waals surface area contributed by atoms with E-state index in [4.69, 9.17) is 4.98 Å². The molecule has 9 nitrogen and oxygen atoms in total. The summed E-state index contributed by atoms with van der Waals surface area (Å²) < 4.78 is 30.3. The van der Waals surface area contributed by atoms with Gasteiger partial charge in [0, 0.05) is 44.8 Å². The first-order chi connectivity index (χ1) is 14.7. The number of sulfonamides is 1. The standard InChI is InChI=1S/C21H32N6O3S/c1-5-26-13-19(15(4)24-26)31(29,30)27-10-7-6-8-18(27)20-22-17-9-11-25(14(2)3)12-16(17)21(28)23-20/h13-14,18H,5-12H2,1-4H3,(H,22,23,28). The van der Waals surface area contributed by atoms with Crippen molar-refractivity contribution in [1.82, 2.24) is 29.0 Å². The van der Waals surface area contributed by atoms with Gasteiger partial charge >= 0.3 is 0 Å². The smallest absolute Gasteiger partial charge is 0.255 e. The molecule has 0 saturated carbocycles. The number of H-pyrrole nitrogens is 1. The molecule has 1 saturated heterocycles. The van der Waals surface area contributed by atoms with Gasteiger partial charge in [0.15, 0.2) is 0 Å². The molecule has 1 N–H and O–H groups in total. The summed E-state index contributed by atoms with van der Waals surface area (Å²) in [6, 6.07) is -0.109. The number of fused-ring (bicyclic) bond motifs is 1. The molecular formula is C21H32N6O3S. The highest BCUT2D eigenvalue weighted by Crippen LogP contribution is 2.35. The second kappa shape index (κ2) is 8.48. The number of nitrogens with one attached hydrogen (secondary N) is 1. The van der Waals surface area contributed by atoms with E-state index in [1.165, 1.54) is 4.31 Å². The minimum Gasteiger partial charge on any atom is -0.309 e. The lowest BCUT2D eigenvalue weighted by molar-refractivity contribution is 0.198. The third-order valence-electron chi connectivity index (χ3n) is 6.43. The molecule has 1 unspecified atom stereocenters. The van der Waals surface area contributed by atoms with Crippen molar-refractivity contribution < 1.29 is 8.42 Å². The van der Waals surface area contributed by atoms with Crippen LogP contribution in [0.15, 0.2) is 15.9 Å². The number of aromatic amines is 1. The summed E-state index contributed by atoms with van der Waals surface area (Å²) >= 11 is 0. The lowest BCUT2D eigenvalue weighted by Gasteiger charge is -2.35. The second-order valence-electron chi connectivity index (χ2n) is 8.75. The summed E-state index contributed by atoms with van der Waals surface area (Å²) in [7, 11) is -3.75. The predicted molar refractivity (Wildman–Crippen MR) is 117 cm³/mol. The van der Waals surface area contributed by atoms with E-state index in [2.05, 4.69) is 28.8 Å². The van der Waals surface area contributed by atoms with E-state index >= 15 is 0 Å². The van der Waals surface area contributed by atoms with Crippen molar-refractivity contribution in [3.63, 3.8) is 0 Å². The van der Waals surface area contributed by atoms with Crippen molar-refractivity contribution >= 4 is 10.0 Å². The first kappa shape index (κ1) is 22.2. The van der Waals surface area contributed by atoms with Crippen molar-refractivity contribution in [3.8, 4) is 0 Å². The second-order valence-corrected chi connectivity index (χ2v) is 10.6. The number of aromatic nitrogens is 4. The molecule has 2 aliphatic rings. The average molecular weight is 449 g/mol. The van der Waals surface area contributed by atoms with Crippen LogP contribution in [0.1, 0.15) is 68.9 Å². The highest BCUT2D eigenvalue weighted by molar-refractivity contribution is 7.89. The Labute approximate surface area is 183 Å². The Morgan fingerprint density at radius 1 is 1.26 bits per heavy atom. The molecule has 0 spiro atoms. The summed E-state index contributed by atoms with van der Waals surface area (Å²) in [6.45, 7) is 10.3. The molecule has 1 fully saturated rings. The van der Waals surface area contributed by atoms with Crippen LogP contribution in [-0.2, 0) is 29.5 Å². The van der Waals surface area contributed by atoms with Gasteiger partial charge in [-0.15, -0.1) is 0 Å². The van der Waals surface area contributed by atoms with Gasteiger partial charge in [0.25, 0.3) is 5.56 Å². The van der Waals surface area contributed by atoms with E-state index in [0.29, 0.717) is 55.6 Å². The van der Waals surface area contributed by atoms with Crippen molar-refractivity contribution in [1.29, 1.82) is 0 Å². The molecule has 2 aliphatic heterocycles. The average Bonchev–Trinajstić information content (AvgIpc) is 3.15. The van der Waals surface area contributed by atoms with Crippen LogP contribution in [0.3, 0.4) is 0 Å². The highest BCUT2D eigenvalue weighted by Gasteiger charge is 2.38. The molecule has 31 heavy (non-hydrogen) atoms. The normalized spacial score (nSPS) is 20.9. The maximum atomic E-state index is 13.6. The van der Waals surface area contributed by atoms with Crippen LogP contribution in [-0.4, -0.2) is 56.5 Å². The Balaban J connectivity index is 1.71. The summed E-state index contributed by atoms with van der Waals surface area (Å²) in [5.41, 5.74) is 1.85. The van der Waals surface area contributed by atoms with Gasteiger partial charge in [-0.1, -0.05) is 6.42 Å². The Hall–Kier alpha value is -2.04. The Morgan fingerprint density at radius 2 is 2.03 bits per heavy atom. The number of nitrogens with zero attached hydrogens (tertiary/aromatic N) is 5. The zero-order valence-electron chi connectivity index (χ0n) is 18.8. The van der Waals surface area contributed by atoms with Crippen LogP contribution >= 0.6 is 0 Å². The van der Waals surface area contributed by atoms with E-state index in [-0.39, 0.29) is 10.5 Å². The third kappa shape index (κ3) is 4.08. The summed E-state index contributed by atoms with van der Waals surface area (Å²) in [6.07, 6.45) is 4.62. The maximum absolute atomic E-state index is 13.6. The summed E-state index contributed by atoms with van der Waals surface area (Å²) in [5.74, 6) is 0.463. The van der Waals surface area contributed by atoms with E-state index in [1.807, 2.05) is 6.92 Å². The number of aryl methyl sites for hydroxylation is 2. The monoisotopic (exact) mass is 448 g/mol. The lowest BCUT2D eigenvalue weighted by atomic mass is 10.0. The fourth-order valence-electron chi connectivity index (χ4n) is 4.57. The quantitative estimate of drug-likeness (QED) is 0.750. The van der Waals surface area contributed by atoms with Crippen LogP contribution in [0.5, 0.6) is 0 Å². The molecule has 1 atom stereocenters. The van der Waals surface area contributed by atoms with Crippen LogP contribution in [0.25, 0.3) is 0 Å². The molecule has 2 aromatic rings. The van der Waals surface area contributed by atoms with Crippen molar-refractivity contribution in [2.24, 2.45) is 0 Å². The van der Waals surface area contributed by atoms with E-state index in [9.17, 15) is 13.2 Å². The van der Waals surface area contributed by atoms with Crippen molar-refractivity contribution in [3.05, 3.63) is 39.3 Å². The molecule has 170 valence electrons. The molecule has 10 heteroatoms. The SMILES string of the molecule is CCn1cc(S(=O)(=O)N2CCCCC2c2nc3c(c(=O)[nH]2)CN(C(C)C)CC3)c(C)n1. The highest BCUT2D eigenvalue weighted by atomic mass is 32.2. The first-order valence-electron chi connectivity index (χ1n) is 11.1. The maximum Gasteiger partial charge on any atom is 0.255 e. The Kier molecular flexibility index (Phi) is 6.06. The fraction of sp³-hybridized carbons (Fsp3) is 0.667. The topological polar surface area (TPSA) is 104 Å². The van der Waals surface area contributed by atoms with Gasteiger partial charge in [-0.05, 0) is 40.5 Å². The first-order valence-corrected chi connectivity index (χ1v) is 12.6. The number of hydrogen-bond donors (Lipinski definition) is 1. The third-order valence-corrected chi connectivity index (χ3v) is 8.44. The number of hydrogen-bond acceptors (Lipinski definition) is 6. The van der Waals surface area contributed by atoms with Gasteiger partial charge in [-0.2, -0.15) is 9.40 Å². The number of piperidine rings is 1. The van der Waals surface area contributed by atoms with Crippen LogP contribution in [0.2, 0.25) is 0 Å². The molecule has 0 bridgehead atoms. The van der Waals surface area contributed by atoms with Crippen LogP contribution in [0, 0.1) is 6.92 Å². The summed E-state index contributed by atoms with van der Waals surface area (Å²) in [5, 5.41) is 4.31.